The summed E-state index contributed by atoms with van der Waals surface area (Å²) in [4.78, 5) is 23.4. The highest BCUT2D eigenvalue weighted by Gasteiger charge is 2.56. The van der Waals surface area contributed by atoms with Gasteiger partial charge >= 0.3 is 13.6 Å². The van der Waals surface area contributed by atoms with E-state index in [-0.39, 0.29) is 35.9 Å². The summed E-state index contributed by atoms with van der Waals surface area (Å²) >= 11 is 0. The number of allylic oxidation sites excluding steroid dienone is 2. The zero-order valence-electron chi connectivity index (χ0n) is 17.8. The molecule has 0 amide bonds. The fourth-order valence-corrected chi connectivity index (χ4v) is 5.67. The molecule has 1 aliphatic heterocycles. The van der Waals surface area contributed by atoms with Crippen molar-refractivity contribution in [1.29, 1.82) is 0 Å². The normalized spacial score (nSPS) is 19.6. The van der Waals surface area contributed by atoms with Crippen LogP contribution in [0.3, 0.4) is 0 Å². The maximum atomic E-state index is 13.8. The zero-order chi connectivity index (χ0) is 23.6. The van der Waals surface area contributed by atoms with E-state index in [9.17, 15) is 29.8 Å². The lowest BCUT2D eigenvalue weighted by Crippen LogP contribution is -2.43. The van der Waals surface area contributed by atoms with E-state index in [1.54, 1.807) is 13.8 Å². The third-order valence-corrected chi connectivity index (χ3v) is 7.17. The number of esters is 1. The molecule has 0 aromatic heterocycles. The topological polar surface area (TPSA) is 149 Å². The summed E-state index contributed by atoms with van der Waals surface area (Å²) in [6, 6.07) is 4.87. The van der Waals surface area contributed by atoms with Gasteiger partial charge in [0.05, 0.1) is 42.2 Å². The minimum absolute atomic E-state index is 0.0826. The minimum atomic E-state index is -4.31. The second-order valence-corrected chi connectivity index (χ2v) is 8.51. The van der Waals surface area contributed by atoms with Crippen LogP contribution in [0.25, 0.3) is 0 Å². The number of methoxy groups -OCH3 is 1. The van der Waals surface area contributed by atoms with Crippen LogP contribution in [0, 0.1) is 10.1 Å². The van der Waals surface area contributed by atoms with Gasteiger partial charge in [0.25, 0.3) is 5.69 Å². The van der Waals surface area contributed by atoms with Gasteiger partial charge in [0, 0.05) is 17.7 Å². The van der Waals surface area contributed by atoms with Crippen molar-refractivity contribution in [1.82, 2.24) is 5.06 Å². The maximum absolute atomic E-state index is 13.8. The Morgan fingerprint density at radius 3 is 2.29 bits per heavy atom. The highest BCUT2D eigenvalue weighted by molar-refractivity contribution is 7.58. The van der Waals surface area contributed by atoms with Gasteiger partial charge in [-0.3, -0.25) is 19.9 Å². The van der Waals surface area contributed by atoms with Crippen LogP contribution < -0.4 is 0 Å². The Balaban J connectivity index is 3.01. The van der Waals surface area contributed by atoms with Crippen molar-refractivity contribution in [2.45, 2.75) is 33.3 Å². The van der Waals surface area contributed by atoms with Crippen LogP contribution in [0.5, 0.6) is 0 Å². The van der Waals surface area contributed by atoms with Gasteiger partial charge in [0.1, 0.15) is 5.31 Å². The Kier molecular flexibility index (Phi) is 7.40. The average molecular weight is 456 g/mol. The molecule has 1 heterocycles. The van der Waals surface area contributed by atoms with Crippen molar-refractivity contribution in [3.63, 3.8) is 0 Å². The quantitative estimate of drug-likeness (QED) is 0.258. The predicted molar refractivity (Wildman–Crippen MR) is 109 cm³/mol. The number of hydroxylamine groups is 2. The monoisotopic (exact) mass is 456 g/mol. The molecule has 0 bridgehead atoms. The number of nitro benzene ring substituents is 1. The molecular formula is C19H25N2O9P. The van der Waals surface area contributed by atoms with Gasteiger partial charge in [0.2, 0.25) is 0 Å². The molecule has 170 valence electrons. The first-order chi connectivity index (χ1) is 14.5. The lowest BCUT2D eigenvalue weighted by Gasteiger charge is -2.42. The van der Waals surface area contributed by atoms with Crippen LogP contribution in [0.1, 0.15) is 33.3 Å². The summed E-state index contributed by atoms with van der Waals surface area (Å²) in [5.74, 6) is -1.05. The molecule has 2 rings (SSSR count). The summed E-state index contributed by atoms with van der Waals surface area (Å²) in [7, 11) is -3.25. The minimum Gasteiger partial charge on any atom is -0.466 e. The van der Waals surface area contributed by atoms with Crippen LogP contribution in [0.15, 0.2) is 46.5 Å². The molecule has 0 aliphatic carbocycles. The fraction of sp³-hybridized carbons (Fsp3) is 0.421. The molecule has 2 N–H and O–H groups in total. The molecule has 0 fully saturated rings. The lowest BCUT2D eigenvalue weighted by atomic mass is 9.81. The van der Waals surface area contributed by atoms with Crippen molar-refractivity contribution in [2.75, 3.05) is 20.3 Å². The number of benzene rings is 1. The first-order valence-electron chi connectivity index (χ1n) is 9.36. The van der Waals surface area contributed by atoms with Crippen molar-refractivity contribution in [3.05, 3.63) is 62.2 Å². The fourth-order valence-electron chi connectivity index (χ4n) is 3.53. The summed E-state index contributed by atoms with van der Waals surface area (Å²) in [5.41, 5.74) is -3.78. The maximum Gasteiger partial charge on any atom is 0.362 e. The number of nitro groups is 1. The molecule has 31 heavy (non-hydrogen) atoms. The number of nitrogens with zero attached hydrogens (tertiary/aromatic N) is 2. The molecule has 1 aromatic rings. The molecule has 0 spiro atoms. The molecular weight excluding hydrogens is 431 g/mol. The number of carbonyl (C=O) groups excluding carboxylic acids is 1. The third-order valence-electron chi connectivity index (χ3n) is 4.78. The predicted octanol–water partition coefficient (Wildman–Crippen LogP) is 3.43. The molecule has 1 aromatic carbocycles. The van der Waals surface area contributed by atoms with Crippen LogP contribution >= 0.6 is 7.60 Å². The van der Waals surface area contributed by atoms with E-state index in [2.05, 4.69) is 0 Å². The SMILES string of the molecule is CCOP(=O)(OCC)C1=C(C)N(O)C(C)=C(C(=O)OC)C1(O)c1cccc([N+](=O)[O-])c1. The van der Waals surface area contributed by atoms with Crippen molar-refractivity contribution < 1.29 is 38.4 Å². The van der Waals surface area contributed by atoms with Gasteiger partial charge in [0.15, 0.2) is 5.60 Å². The second kappa shape index (κ2) is 9.29. The largest absolute Gasteiger partial charge is 0.466 e. The first kappa shape index (κ1) is 24.7. The standard InChI is InChI=1S/C19H25N2O9P/c1-6-29-31(27,30-7-2)17-13(4)20(24)12(3)16(18(22)28-5)19(17,23)14-9-8-10-15(11-14)21(25)26/h8-11,23-24H,6-7H2,1-5H3. The Morgan fingerprint density at radius 1 is 1.23 bits per heavy atom. The molecule has 12 heteroatoms. The molecule has 11 nitrogen and oxygen atoms in total. The first-order valence-corrected chi connectivity index (χ1v) is 10.9. The Labute approximate surface area is 179 Å². The van der Waals surface area contributed by atoms with E-state index in [0.29, 0.717) is 5.06 Å². The van der Waals surface area contributed by atoms with Gasteiger partial charge in [-0.2, -0.15) is 0 Å². The Hall–Kier alpha value is -2.56. The highest BCUT2D eigenvalue weighted by Crippen LogP contribution is 2.66. The van der Waals surface area contributed by atoms with Crippen molar-refractivity contribution in [3.8, 4) is 0 Å². The third kappa shape index (κ3) is 4.15. The summed E-state index contributed by atoms with van der Waals surface area (Å²) < 4.78 is 29.4. The number of carbonyl (C=O) groups is 1. The molecule has 0 saturated carbocycles. The van der Waals surface area contributed by atoms with Gasteiger partial charge in [-0.05, 0) is 27.7 Å². The highest BCUT2D eigenvalue weighted by atomic mass is 31.2. The molecule has 0 radical (unpaired) electrons. The smallest absolute Gasteiger partial charge is 0.362 e. The summed E-state index contributed by atoms with van der Waals surface area (Å²) in [6.45, 7) is 5.62. The van der Waals surface area contributed by atoms with Crippen molar-refractivity contribution in [2.24, 2.45) is 0 Å². The van der Waals surface area contributed by atoms with E-state index in [1.807, 2.05) is 0 Å². The van der Waals surface area contributed by atoms with E-state index in [1.165, 1.54) is 32.0 Å². The van der Waals surface area contributed by atoms with E-state index < -0.39 is 35.0 Å². The number of non-ortho nitro benzene ring substituents is 1. The van der Waals surface area contributed by atoms with Crippen LogP contribution in [-0.4, -0.2) is 46.6 Å². The summed E-state index contributed by atoms with van der Waals surface area (Å²) in [6.07, 6.45) is 0. The van der Waals surface area contributed by atoms with Gasteiger partial charge in [-0.1, -0.05) is 12.1 Å². The van der Waals surface area contributed by atoms with E-state index in [4.69, 9.17) is 13.8 Å². The number of aliphatic hydroxyl groups is 1. The summed E-state index contributed by atoms with van der Waals surface area (Å²) in [5, 5.41) is 34.1. The Bertz CT molecular complexity index is 994. The van der Waals surface area contributed by atoms with Crippen LogP contribution in [0.4, 0.5) is 5.69 Å². The molecule has 1 atom stereocenters. The average Bonchev–Trinajstić information content (AvgIpc) is 2.72. The van der Waals surface area contributed by atoms with Crippen LogP contribution in [-0.2, 0) is 28.7 Å². The molecule has 1 unspecified atom stereocenters. The molecule has 1 aliphatic rings. The number of ether oxygens (including phenoxy) is 1. The second-order valence-electron chi connectivity index (χ2n) is 6.55. The number of hydrogen-bond donors (Lipinski definition) is 2. The van der Waals surface area contributed by atoms with Gasteiger partial charge in [-0.25, -0.2) is 9.86 Å². The number of hydrogen-bond acceptors (Lipinski definition) is 10. The van der Waals surface area contributed by atoms with E-state index in [0.717, 1.165) is 13.2 Å². The van der Waals surface area contributed by atoms with E-state index >= 15 is 0 Å². The van der Waals surface area contributed by atoms with Crippen molar-refractivity contribution >= 4 is 19.3 Å². The lowest BCUT2D eigenvalue weighted by molar-refractivity contribution is -0.385. The van der Waals surface area contributed by atoms with Crippen LogP contribution in [0.2, 0.25) is 0 Å². The number of rotatable bonds is 8. The van der Waals surface area contributed by atoms with Gasteiger partial charge < -0.3 is 18.9 Å². The molecule has 0 saturated heterocycles. The zero-order valence-corrected chi connectivity index (χ0v) is 18.7. The van der Waals surface area contributed by atoms with Gasteiger partial charge in [-0.15, -0.1) is 0 Å². The Morgan fingerprint density at radius 2 is 1.81 bits per heavy atom.